The maximum atomic E-state index is 11.8. The number of rotatable bonds is 8. The van der Waals surface area contributed by atoms with Crippen LogP contribution in [0, 0.1) is 0 Å². The Hall–Kier alpha value is -0.165. The molecule has 1 aliphatic rings. The van der Waals surface area contributed by atoms with Gasteiger partial charge in [-0.2, -0.15) is 0 Å². The van der Waals surface area contributed by atoms with Crippen LogP contribution in [0.3, 0.4) is 0 Å². The van der Waals surface area contributed by atoms with Gasteiger partial charge in [0.25, 0.3) is 0 Å². The van der Waals surface area contributed by atoms with Crippen molar-refractivity contribution in [3.63, 3.8) is 0 Å². The Morgan fingerprint density at radius 2 is 2.16 bits per heavy atom. The second-order valence-corrected chi connectivity index (χ2v) is 6.52. The Labute approximate surface area is 115 Å². The van der Waals surface area contributed by atoms with Crippen molar-refractivity contribution in [3.8, 4) is 0 Å². The molecule has 0 aromatic rings. The van der Waals surface area contributed by atoms with Crippen molar-refractivity contribution in [1.29, 1.82) is 0 Å². The maximum absolute atomic E-state index is 11.8. The van der Waals surface area contributed by atoms with Crippen LogP contribution < -0.4 is 5.73 Å². The largest absolute Gasteiger partial charge is 0.377 e. The number of hydrogen-bond acceptors (Lipinski definition) is 6. The van der Waals surface area contributed by atoms with Crippen molar-refractivity contribution in [2.24, 2.45) is 5.73 Å². The van der Waals surface area contributed by atoms with Crippen LogP contribution in [0.5, 0.6) is 0 Å². The van der Waals surface area contributed by atoms with Gasteiger partial charge < -0.3 is 24.3 Å². The van der Waals surface area contributed by atoms with Gasteiger partial charge in [0.05, 0.1) is 18.2 Å². The predicted molar refractivity (Wildman–Crippen MR) is 76.0 cm³/mol. The van der Waals surface area contributed by atoms with Gasteiger partial charge in [-0.05, 0) is 19.0 Å². The molecule has 1 heterocycles. The molecule has 0 unspecified atom stereocenters. The van der Waals surface area contributed by atoms with Crippen LogP contribution in [0.4, 0.5) is 0 Å². The van der Waals surface area contributed by atoms with Crippen molar-refractivity contribution >= 4 is 15.4 Å². The summed E-state index contributed by atoms with van der Waals surface area (Å²) < 4.78 is 32.9. The van der Waals surface area contributed by atoms with Crippen molar-refractivity contribution in [1.82, 2.24) is 0 Å². The van der Waals surface area contributed by atoms with E-state index in [4.69, 9.17) is 24.3 Å². The lowest BCUT2D eigenvalue weighted by atomic mass is 9.94. The molecule has 0 bridgehead atoms. The van der Waals surface area contributed by atoms with E-state index >= 15 is 0 Å². The molecule has 1 aliphatic heterocycles. The first-order valence-electron chi connectivity index (χ1n) is 6.42. The van der Waals surface area contributed by atoms with Crippen molar-refractivity contribution < 1.29 is 23.1 Å². The zero-order valence-electron chi connectivity index (χ0n) is 11.8. The average Bonchev–Trinajstić information content (AvgIpc) is 2.77. The van der Waals surface area contributed by atoms with Crippen LogP contribution in [0.2, 0.25) is 0 Å². The van der Waals surface area contributed by atoms with Crippen LogP contribution in [-0.4, -0.2) is 53.4 Å². The summed E-state index contributed by atoms with van der Waals surface area (Å²) in [5.41, 5.74) is 5.42. The Morgan fingerprint density at radius 1 is 1.47 bits per heavy atom. The van der Waals surface area contributed by atoms with E-state index < -0.39 is 7.60 Å². The fraction of sp³-hybridized carbons (Fsp3) is 0.818. The number of hydrogen-bond donors (Lipinski definition) is 1. The quantitative estimate of drug-likeness (QED) is 0.398. The van der Waals surface area contributed by atoms with Gasteiger partial charge in [0.1, 0.15) is 7.85 Å². The van der Waals surface area contributed by atoms with Gasteiger partial charge in [-0.25, -0.2) is 0 Å². The van der Waals surface area contributed by atoms with Gasteiger partial charge in [-0.15, -0.1) is 0 Å². The van der Waals surface area contributed by atoms with Gasteiger partial charge in [0.2, 0.25) is 0 Å². The van der Waals surface area contributed by atoms with Crippen molar-refractivity contribution in [2.75, 3.05) is 27.4 Å². The SMILES string of the molecule is B[C@@H]1O[C@H](/C=C/P(=O)(OC)OC)C[C@H]1OCCCN. The van der Waals surface area contributed by atoms with E-state index in [0.29, 0.717) is 13.2 Å². The second kappa shape index (κ2) is 8.20. The molecule has 3 atom stereocenters. The second-order valence-electron chi connectivity index (χ2n) is 4.41. The van der Waals surface area contributed by atoms with Gasteiger partial charge in [0, 0.05) is 33.1 Å². The lowest BCUT2D eigenvalue weighted by Crippen LogP contribution is -2.25. The van der Waals surface area contributed by atoms with Gasteiger partial charge in [-0.3, -0.25) is 4.57 Å². The van der Waals surface area contributed by atoms with Crippen LogP contribution >= 0.6 is 7.60 Å². The summed E-state index contributed by atoms with van der Waals surface area (Å²) in [6.07, 6.45) is 3.21. The summed E-state index contributed by atoms with van der Waals surface area (Å²) in [5.74, 6) is 1.44. The molecule has 0 aromatic carbocycles. The van der Waals surface area contributed by atoms with E-state index in [1.54, 1.807) is 6.08 Å². The van der Waals surface area contributed by atoms with Gasteiger partial charge in [0.15, 0.2) is 0 Å². The third-order valence-corrected chi connectivity index (χ3v) is 4.61. The molecule has 110 valence electrons. The predicted octanol–water partition coefficient (Wildman–Crippen LogP) is 0.468. The van der Waals surface area contributed by atoms with Crippen molar-refractivity contribution in [2.45, 2.75) is 31.1 Å². The molecule has 1 rings (SSSR count). The molecular weight excluding hydrogens is 268 g/mol. The van der Waals surface area contributed by atoms with E-state index in [1.807, 2.05) is 7.85 Å². The lowest BCUT2D eigenvalue weighted by molar-refractivity contribution is 0.0210. The Morgan fingerprint density at radius 3 is 2.74 bits per heavy atom. The molecule has 8 heteroatoms. The molecule has 1 saturated heterocycles. The van der Waals surface area contributed by atoms with Gasteiger partial charge in [-0.1, -0.05) is 0 Å². The smallest absolute Gasteiger partial charge is 0.353 e. The van der Waals surface area contributed by atoms with E-state index in [2.05, 4.69) is 0 Å². The summed E-state index contributed by atoms with van der Waals surface area (Å²) in [6, 6.07) is 0.0110. The first-order chi connectivity index (χ1) is 9.04. The Bertz CT molecular complexity index is 333. The molecular formula is C11H23BNO5P. The molecule has 19 heavy (non-hydrogen) atoms. The molecule has 0 aromatic heterocycles. The highest BCUT2D eigenvalue weighted by molar-refractivity contribution is 7.57. The van der Waals surface area contributed by atoms with E-state index in [-0.39, 0.29) is 18.2 Å². The zero-order valence-corrected chi connectivity index (χ0v) is 12.7. The topological polar surface area (TPSA) is 80.0 Å². The van der Waals surface area contributed by atoms with Crippen LogP contribution in [0.15, 0.2) is 11.9 Å². The summed E-state index contributed by atoms with van der Waals surface area (Å²) >= 11 is 0. The molecule has 6 nitrogen and oxygen atoms in total. The van der Waals surface area contributed by atoms with E-state index in [1.165, 1.54) is 20.0 Å². The molecule has 0 radical (unpaired) electrons. The fourth-order valence-corrected chi connectivity index (χ4v) is 2.68. The minimum absolute atomic E-state index is 0.0110. The first kappa shape index (κ1) is 16.9. The molecule has 0 aliphatic carbocycles. The molecule has 0 amide bonds. The highest BCUT2D eigenvalue weighted by atomic mass is 31.2. The fourth-order valence-electron chi connectivity index (χ4n) is 1.88. The lowest BCUT2D eigenvalue weighted by Gasteiger charge is -2.14. The summed E-state index contributed by atoms with van der Waals surface area (Å²) in [7, 11) is 1.55. The highest BCUT2D eigenvalue weighted by Crippen LogP contribution is 2.48. The summed E-state index contributed by atoms with van der Waals surface area (Å²) in [4.78, 5) is 0. The monoisotopic (exact) mass is 291 g/mol. The third kappa shape index (κ3) is 5.38. The van der Waals surface area contributed by atoms with E-state index in [0.717, 1.165) is 12.8 Å². The highest BCUT2D eigenvalue weighted by Gasteiger charge is 2.31. The van der Waals surface area contributed by atoms with E-state index in [9.17, 15) is 4.57 Å². The molecule has 0 saturated carbocycles. The van der Waals surface area contributed by atoms with Gasteiger partial charge >= 0.3 is 7.60 Å². The summed E-state index contributed by atoms with van der Waals surface area (Å²) in [6.45, 7) is 1.26. The van der Waals surface area contributed by atoms with Crippen LogP contribution in [0.25, 0.3) is 0 Å². The third-order valence-electron chi connectivity index (χ3n) is 3.05. The average molecular weight is 291 g/mol. The number of ether oxygens (including phenoxy) is 2. The Kier molecular flexibility index (Phi) is 7.28. The van der Waals surface area contributed by atoms with Crippen LogP contribution in [-0.2, 0) is 23.1 Å². The molecule has 2 N–H and O–H groups in total. The standard InChI is InChI=1S/C11H23BNO5P/c1-15-19(14,16-2)7-4-9-8-10(11(12)18-9)17-6-3-5-13/h4,7,9-11H,3,5-6,8,12-13H2,1-2H3/b7-4+/t9-,10-,11-/m1/s1. The normalized spacial score (nSPS) is 28.3. The molecule has 1 fully saturated rings. The van der Waals surface area contributed by atoms with Crippen LogP contribution in [0.1, 0.15) is 12.8 Å². The minimum atomic E-state index is -3.12. The Balaban J connectivity index is 2.46. The summed E-state index contributed by atoms with van der Waals surface area (Å²) in [5, 5.41) is 0. The minimum Gasteiger partial charge on any atom is -0.377 e. The molecule has 0 spiro atoms. The number of nitrogens with two attached hydrogens (primary N) is 1. The first-order valence-corrected chi connectivity index (χ1v) is 8.03. The maximum Gasteiger partial charge on any atom is 0.353 e. The van der Waals surface area contributed by atoms with Crippen molar-refractivity contribution in [3.05, 3.63) is 11.9 Å². The zero-order chi connectivity index (χ0) is 14.3.